The number of anilines is 1. The van der Waals surface area contributed by atoms with Crippen molar-refractivity contribution in [1.29, 1.82) is 0 Å². The Labute approximate surface area is 78.6 Å². The molecule has 1 aromatic rings. The van der Waals surface area contributed by atoms with Gasteiger partial charge in [-0.2, -0.15) is 4.39 Å². The largest absolute Gasteiger partial charge is 0.390 e. The lowest BCUT2D eigenvalue weighted by Gasteiger charge is -2.13. The molecule has 0 aliphatic rings. The summed E-state index contributed by atoms with van der Waals surface area (Å²) in [4.78, 5) is 3.32. The van der Waals surface area contributed by atoms with E-state index in [0.717, 1.165) is 6.07 Å². The maximum atomic E-state index is 12.5. The number of aliphatic hydroxyl groups excluding tert-OH is 1. The van der Waals surface area contributed by atoms with Crippen LogP contribution in [-0.2, 0) is 0 Å². The molecule has 0 atom stereocenters. The fourth-order valence-corrected chi connectivity index (χ4v) is 0.782. The minimum atomic E-state index is -3.23. The second kappa shape index (κ2) is 4.28. The molecule has 0 fully saturated rings. The lowest BCUT2D eigenvalue weighted by molar-refractivity contribution is -0.0373. The minimum absolute atomic E-state index is 0.0122. The lowest BCUT2D eigenvalue weighted by Crippen LogP contribution is -2.31. The highest BCUT2D eigenvalue weighted by Crippen LogP contribution is 2.13. The van der Waals surface area contributed by atoms with E-state index in [-0.39, 0.29) is 5.82 Å². The van der Waals surface area contributed by atoms with Crippen LogP contribution in [0.3, 0.4) is 0 Å². The number of hydrogen-bond donors (Lipinski definition) is 2. The standard InChI is InChI=1S/C8H9F3N2O/c9-6-2-1-3-7(13-6)12-4-8(10,11)5-14/h1-3,14H,4-5H2,(H,12,13). The van der Waals surface area contributed by atoms with Gasteiger partial charge in [-0.15, -0.1) is 0 Å². The van der Waals surface area contributed by atoms with Crippen LogP contribution in [0.4, 0.5) is 19.0 Å². The fourth-order valence-electron chi connectivity index (χ4n) is 0.782. The van der Waals surface area contributed by atoms with Crippen molar-refractivity contribution < 1.29 is 18.3 Å². The number of aromatic nitrogens is 1. The lowest BCUT2D eigenvalue weighted by atomic mass is 10.3. The van der Waals surface area contributed by atoms with Crippen LogP contribution in [0.1, 0.15) is 0 Å². The highest BCUT2D eigenvalue weighted by atomic mass is 19.3. The van der Waals surface area contributed by atoms with Gasteiger partial charge < -0.3 is 10.4 Å². The van der Waals surface area contributed by atoms with E-state index in [0.29, 0.717) is 0 Å². The topological polar surface area (TPSA) is 45.1 Å². The second-order valence-electron chi connectivity index (χ2n) is 2.71. The zero-order valence-electron chi connectivity index (χ0n) is 7.17. The summed E-state index contributed by atoms with van der Waals surface area (Å²) in [6, 6.07) is 3.81. The molecular weight excluding hydrogens is 197 g/mol. The number of nitrogens with zero attached hydrogens (tertiary/aromatic N) is 1. The zero-order valence-corrected chi connectivity index (χ0v) is 7.17. The SMILES string of the molecule is OCC(F)(F)CNc1cccc(F)n1. The Morgan fingerprint density at radius 3 is 2.71 bits per heavy atom. The predicted octanol–water partition coefficient (Wildman–Crippen LogP) is 1.26. The van der Waals surface area contributed by atoms with E-state index in [4.69, 9.17) is 5.11 Å². The quantitative estimate of drug-likeness (QED) is 0.729. The Morgan fingerprint density at radius 2 is 2.14 bits per heavy atom. The van der Waals surface area contributed by atoms with Crippen LogP contribution in [0, 0.1) is 5.95 Å². The average Bonchev–Trinajstić information content (AvgIpc) is 2.15. The van der Waals surface area contributed by atoms with Crippen molar-refractivity contribution in [2.75, 3.05) is 18.5 Å². The third kappa shape index (κ3) is 3.21. The molecule has 0 spiro atoms. The molecule has 0 aromatic carbocycles. The van der Waals surface area contributed by atoms with Crippen LogP contribution in [-0.4, -0.2) is 29.2 Å². The van der Waals surface area contributed by atoms with Gasteiger partial charge in [0.1, 0.15) is 12.4 Å². The first-order valence-corrected chi connectivity index (χ1v) is 3.89. The molecule has 14 heavy (non-hydrogen) atoms. The van der Waals surface area contributed by atoms with Crippen LogP contribution in [0.5, 0.6) is 0 Å². The minimum Gasteiger partial charge on any atom is -0.390 e. The second-order valence-corrected chi connectivity index (χ2v) is 2.71. The summed E-state index contributed by atoms with van der Waals surface area (Å²) in [6.07, 6.45) is 0. The van der Waals surface area contributed by atoms with Crippen molar-refractivity contribution in [3.8, 4) is 0 Å². The molecule has 6 heteroatoms. The Bertz CT molecular complexity index is 306. The maximum absolute atomic E-state index is 12.5. The smallest absolute Gasteiger partial charge is 0.287 e. The van der Waals surface area contributed by atoms with Gasteiger partial charge in [-0.05, 0) is 12.1 Å². The summed E-state index contributed by atoms with van der Waals surface area (Å²) < 4.78 is 37.5. The van der Waals surface area contributed by atoms with Crippen LogP contribution >= 0.6 is 0 Å². The molecule has 0 saturated carbocycles. The summed E-state index contributed by atoms with van der Waals surface area (Å²) in [5.74, 6) is -3.96. The van der Waals surface area contributed by atoms with Crippen molar-refractivity contribution in [3.63, 3.8) is 0 Å². The number of rotatable bonds is 4. The van der Waals surface area contributed by atoms with E-state index >= 15 is 0 Å². The van der Waals surface area contributed by atoms with Gasteiger partial charge in [-0.3, -0.25) is 0 Å². The molecule has 78 valence electrons. The number of alkyl halides is 2. The monoisotopic (exact) mass is 206 g/mol. The van der Waals surface area contributed by atoms with Gasteiger partial charge in [0.05, 0.1) is 6.54 Å². The van der Waals surface area contributed by atoms with E-state index < -0.39 is 25.0 Å². The van der Waals surface area contributed by atoms with E-state index in [1.165, 1.54) is 12.1 Å². The molecular formula is C8H9F3N2O. The number of hydrogen-bond acceptors (Lipinski definition) is 3. The molecule has 0 unspecified atom stereocenters. The van der Waals surface area contributed by atoms with Gasteiger partial charge >= 0.3 is 0 Å². The summed E-state index contributed by atoms with van der Waals surface area (Å²) in [7, 11) is 0. The molecule has 3 nitrogen and oxygen atoms in total. The number of pyridine rings is 1. The van der Waals surface area contributed by atoms with Crippen LogP contribution < -0.4 is 5.32 Å². The highest BCUT2D eigenvalue weighted by molar-refractivity contribution is 5.33. The summed E-state index contributed by atoms with van der Waals surface area (Å²) >= 11 is 0. The molecule has 0 bridgehead atoms. The maximum Gasteiger partial charge on any atom is 0.287 e. The molecule has 0 amide bonds. The third-order valence-electron chi connectivity index (χ3n) is 1.47. The fraction of sp³-hybridized carbons (Fsp3) is 0.375. The molecule has 0 radical (unpaired) electrons. The first kappa shape index (κ1) is 10.8. The Morgan fingerprint density at radius 1 is 1.43 bits per heavy atom. The highest BCUT2D eigenvalue weighted by Gasteiger charge is 2.27. The van der Waals surface area contributed by atoms with Crippen molar-refractivity contribution in [2.45, 2.75) is 5.92 Å². The molecule has 0 saturated heterocycles. The Balaban J connectivity index is 2.54. The normalized spacial score (nSPS) is 11.4. The van der Waals surface area contributed by atoms with Gasteiger partial charge in [0.25, 0.3) is 5.92 Å². The third-order valence-corrected chi connectivity index (χ3v) is 1.47. The predicted molar refractivity (Wildman–Crippen MR) is 44.7 cm³/mol. The molecule has 0 aliphatic carbocycles. The number of halogens is 3. The summed E-state index contributed by atoms with van der Waals surface area (Å²) in [6.45, 7) is -2.03. The van der Waals surface area contributed by atoms with Crippen molar-refractivity contribution in [3.05, 3.63) is 24.1 Å². The van der Waals surface area contributed by atoms with E-state index in [2.05, 4.69) is 10.3 Å². The number of aliphatic hydroxyl groups is 1. The first-order chi connectivity index (χ1) is 6.53. The summed E-state index contributed by atoms with van der Waals surface area (Å²) in [5.41, 5.74) is 0. The zero-order chi connectivity index (χ0) is 10.6. The molecule has 2 N–H and O–H groups in total. The van der Waals surface area contributed by atoms with Crippen molar-refractivity contribution in [2.24, 2.45) is 0 Å². The summed E-state index contributed by atoms with van der Waals surface area (Å²) in [5, 5.41) is 10.5. The average molecular weight is 206 g/mol. The van der Waals surface area contributed by atoms with Crippen LogP contribution in [0.2, 0.25) is 0 Å². The van der Waals surface area contributed by atoms with E-state index in [1.807, 2.05) is 0 Å². The van der Waals surface area contributed by atoms with Crippen molar-refractivity contribution in [1.82, 2.24) is 4.98 Å². The first-order valence-electron chi connectivity index (χ1n) is 3.89. The van der Waals surface area contributed by atoms with Gasteiger partial charge in [0.2, 0.25) is 5.95 Å². The molecule has 0 aliphatic heterocycles. The van der Waals surface area contributed by atoms with Gasteiger partial charge in [0, 0.05) is 0 Å². The van der Waals surface area contributed by atoms with E-state index in [9.17, 15) is 13.2 Å². The molecule has 1 rings (SSSR count). The van der Waals surface area contributed by atoms with Crippen molar-refractivity contribution >= 4 is 5.82 Å². The Kier molecular flexibility index (Phi) is 3.29. The Hall–Kier alpha value is -1.30. The molecule has 1 aromatic heterocycles. The van der Waals surface area contributed by atoms with Gasteiger partial charge in [-0.1, -0.05) is 6.07 Å². The molecule has 1 heterocycles. The van der Waals surface area contributed by atoms with E-state index in [1.54, 1.807) is 0 Å². The van der Waals surface area contributed by atoms with Crippen LogP contribution in [0.15, 0.2) is 18.2 Å². The van der Waals surface area contributed by atoms with Gasteiger partial charge in [0.15, 0.2) is 0 Å². The van der Waals surface area contributed by atoms with Crippen LogP contribution in [0.25, 0.3) is 0 Å². The van der Waals surface area contributed by atoms with Gasteiger partial charge in [-0.25, -0.2) is 13.8 Å². The number of nitrogens with one attached hydrogen (secondary N) is 1.